The lowest BCUT2D eigenvalue weighted by atomic mass is 9.97. The van der Waals surface area contributed by atoms with Crippen LogP contribution in [0.25, 0.3) is 0 Å². The number of rotatable bonds is 7. The van der Waals surface area contributed by atoms with Crippen molar-refractivity contribution in [3.05, 3.63) is 23.9 Å². The molecule has 1 N–H and O–H groups in total. The molecule has 0 amide bonds. The van der Waals surface area contributed by atoms with Gasteiger partial charge >= 0.3 is 0 Å². The summed E-state index contributed by atoms with van der Waals surface area (Å²) in [5.41, 5.74) is 1.35. The monoisotopic (exact) mass is 275 g/mol. The second-order valence-corrected chi connectivity index (χ2v) is 5.85. The predicted octanol–water partition coefficient (Wildman–Crippen LogP) is 4.06. The number of hydrogen-bond donors (Lipinski definition) is 1. The summed E-state index contributed by atoms with van der Waals surface area (Å²) in [5.74, 6) is 1.08. The van der Waals surface area contributed by atoms with Gasteiger partial charge in [-0.05, 0) is 38.3 Å². The maximum Gasteiger partial charge on any atom is 0.130 e. The minimum absolute atomic E-state index is 0.771. The number of aromatic nitrogens is 1. The Labute approximate surface area is 123 Å². The molecule has 0 radical (unpaired) electrons. The molecule has 2 rings (SSSR count). The van der Waals surface area contributed by atoms with Crippen LogP contribution in [0.3, 0.4) is 0 Å². The van der Waals surface area contributed by atoms with E-state index in [4.69, 9.17) is 0 Å². The van der Waals surface area contributed by atoms with Gasteiger partial charge in [-0.3, -0.25) is 4.90 Å². The van der Waals surface area contributed by atoms with E-state index in [-0.39, 0.29) is 0 Å². The maximum absolute atomic E-state index is 4.51. The first-order valence-electron chi connectivity index (χ1n) is 8.27. The van der Waals surface area contributed by atoms with Crippen LogP contribution in [0, 0.1) is 0 Å². The Bertz CT molecular complexity index is 390. The first kappa shape index (κ1) is 15.3. The van der Waals surface area contributed by atoms with E-state index in [1.54, 1.807) is 0 Å². The molecular weight excluding hydrogens is 246 g/mol. The van der Waals surface area contributed by atoms with Crippen LogP contribution in [0.2, 0.25) is 0 Å². The molecule has 1 unspecified atom stereocenters. The Morgan fingerprint density at radius 3 is 3.00 bits per heavy atom. The second kappa shape index (κ2) is 8.25. The lowest BCUT2D eigenvalue weighted by molar-refractivity contribution is 0.131. The van der Waals surface area contributed by atoms with Gasteiger partial charge in [0, 0.05) is 30.9 Å². The molecule has 3 nitrogen and oxygen atoms in total. The fourth-order valence-electron chi connectivity index (χ4n) is 3.12. The predicted molar refractivity (Wildman–Crippen MR) is 86.0 cm³/mol. The fourth-order valence-corrected chi connectivity index (χ4v) is 3.12. The zero-order valence-electron chi connectivity index (χ0n) is 13.1. The highest BCUT2D eigenvalue weighted by molar-refractivity contribution is 5.43. The lowest BCUT2D eigenvalue weighted by Gasteiger charge is -2.36. The van der Waals surface area contributed by atoms with Gasteiger partial charge < -0.3 is 5.32 Å². The number of likely N-dealkylation sites (tertiary alicyclic amines) is 1. The third kappa shape index (κ3) is 4.20. The van der Waals surface area contributed by atoms with Crippen molar-refractivity contribution in [2.24, 2.45) is 0 Å². The molecule has 1 aromatic heterocycles. The third-order valence-corrected chi connectivity index (χ3v) is 4.18. The summed E-state index contributed by atoms with van der Waals surface area (Å²) in [6.45, 7) is 7.78. The van der Waals surface area contributed by atoms with E-state index in [0.717, 1.165) is 31.4 Å². The van der Waals surface area contributed by atoms with Gasteiger partial charge in [0.2, 0.25) is 0 Å². The van der Waals surface area contributed by atoms with Gasteiger partial charge in [-0.1, -0.05) is 32.8 Å². The van der Waals surface area contributed by atoms with Crippen molar-refractivity contribution in [1.82, 2.24) is 9.88 Å². The summed E-state index contributed by atoms with van der Waals surface area (Å²) in [5, 5.41) is 3.46. The van der Waals surface area contributed by atoms with Gasteiger partial charge in [-0.15, -0.1) is 0 Å². The average molecular weight is 275 g/mol. The maximum atomic E-state index is 4.51. The van der Waals surface area contributed by atoms with Gasteiger partial charge in [0.15, 0.2) is 0 Å². The molecule has 1 fully saturated rings. The molecule has 0 aliphatic carbocycles. The molecule has 2 heterocycles. The number of nitrogens with one attached hydrogen (secondary N) is 1. The van der Waals surface area contributed by atoms with Gasteiger partial charge in [0.05, 0.1) is 0 Å². The molecule has 112 valence electrons. The van der Waals surface area contributed by atoms with Crippen LogP contribution in [0.5, 0.6) is 0 Å². The summed E-state index contributed by atoms with van der Waals surface area (Å²) in [6.07, 6.45) is 9.76. The summed E-state index contributed by atoms with van der Waals surface area (Å²) in [7, 11) is 0. The van der Waals surface area contributed by atoms with Crippen molar-refractivity contribution < 1.29 is 0 Å². The van der Waals surface area contributed by atoms with Crippen LogP contribution in [0.1, 0.15) is 57.9 Å². The lowest BCUT2D eigenvalue weighted by Crippen LogP contribution is -2.39. The molecule has 1 aromatic rings. The highest BCUT2D eigenvalue weighted by atomic mass is 15.2. The molecular formula is C17H29N3. The normalized spacial score (nSPS) is 20.0. The molecule has 0 spiro atoms. The van der Waals surface area contributed by atoms with Crippen LogP contribution in [-0.4, -0.2) is 29.0 Å². The summed E-state index contributed by atoms with van der Waals surface area (Å²) >= 11 is 0. The van der Waals surface area contributed by atoms with Crippen LogP contribution < -0.4 is 5.32 Å². The van der Waals surface area contributed by atoms with E-state index >= 15 is 0 Å². The fraction of sp³-hybridized carbons (Fsp3) is 0.706. The largest absolute Gasteiger partial charge is 0.370 e. The average Bonchev–Trinajstić information content (AvgIpc) is 2.49. The molecule has 1 saturated heterocycles. The van der Waals surface area contributed by atoms with E-state index in [1.165, 1.54) is 44.2 Å². The van der Waals surface area contributed by atoms with E-state index in [1.807, 2.05) is 6.20 Å². The molecule has 1 aliphatic heterocycles. The van der Waals surface area contributed by atoms with E-state index < -0.39 is 0 Å². The van der Waals surface area contributed by atoms with E-state index in [9.17, 15) is 0 Å². The van der Waals surface area contributed by atoms with Crippen LogP contribution in [0.15, 0.2) is 18.3 Å². The summed E-state index contributed by atoms with van der Waals surface area (Å²) < 4.78 is 0. The molecule has 1 atom stereocenters. The topological polar surface area (TPSA) is 28.2 Å². The first-order chi connectivity index (χ1) is 9.85. The van der Waals surface area contributed by atoms with Crippen molar-refractivity contribution in [2.45, 2.75) is 65.0 Å². The molecule has 3 heteroatoms. The van der Waals surface area contributed by atoms with Crippen molar-refractivity contribution in [2.75, 3.05) is 18.4 Å². The number of pyridine rings is 1. The smallest absolute Gasteiger partial charge is 0.130 e. The summed E-state index contributed by atoms with van der Waals surface area (Å²) in [6, 6.07) is 5.06. The van der Waals surface area contributed by atoms with Crippen LogP contribution in [-0.2, 0) is 6.54 Å². The molecule has 0 aromatic carbocycles. The van der Waals surface area contributed by atoms with Crippen LogP contribution >= 0.6 is 0 Å². The highest BCUT2D eigenvalue weighted by Gasteiger charge is 2.22. The molecule has 0 saturated carbocycles. The van der Waals surface area contributed by atoms with Crippen LogP contribution in [0.4, 0.5) is 5.82 Å². The minimum atomic E-state index is 0.771. The van der Waals surface area contributed by atoms with Crippen molar-refractivity contribution >= 4 is 5.82 Å². The number of nitrogens with zero attached hydrogens (tertiary/aromatic N) is 2. The zero-order valence-corrected chi connectivity index (χ0v) is 13.1. The van der Waals surface area contributed by atoms with E-state index in [2.05, 4.69) is 41.2 Å². The standard InChI is InChI=1S/C17H29N3/c1-3-8-16-10-5-6-13-20(16)14-15-9-7-12-19-17(15)18-11-4-2/h7,9,12,16H,3-6,8,10-11,13-14H2,1-2H3,(H,18,19). The molecule has 0 bridgehead atoms. The van der Waals surface area contributed by atoms with Crippen molar-refractivity contribution in [3.8, 4) is 0 Å². The van der Waals surface area contributed by atoms with Gasteiger partial charge in [0.1, 0.15) is 5.82 Å². The SMILES string of the molecule is CCCNc1ncccc1CN1CCCCC1CCC. The number of piperidine rings is 1. The van der Waals surface area contributed by atoms with Gasteiger partial charge in [-0.2, -0.15) is 0 Å². The Morgan fingerprint density at radius 1 is 1.30 bits per heavy atom. The van der Waals surface area contributed by atoms with Gasteiger partial charge in [0.25, 0.3) is 0 Å². The Hall–Kier alpha value is -1.09. The third-order valence-electron chi connectivity index (χ3n) is 4.18. The Balaban J connectivity index is 2.03. The Kier molecular flexibility index (Phi) is 6.31. The molecule has 20 heavy (non-hydrogen) atoms. The van der Waals surface area contributed by atoms with Crippen molar-refractivity contribution in [3.63, 3.8) is 0 Å². The number of hydrogen-bond acceptors (Lipinski definition) is 3. The van der Waals surface area contributed by atoms with E-state index in [0.29, 0.717) is 0 Å². The Morgan fingerprint density at radius 2 is 2.20 bits per heavy atom. The second-order valence-electron chi connectivity index (χ2n) is 5.85. The van der Waals surface area contributed by atoms with Gasteiger partial charge in [-0.25, -0.2) is 4.98 Å². The molecule has 1 aliphatic rings. The minimum Gasteiger partial charge on any atom is -0.370 e. The number of anilines is 1. The summed E-state index contributed by atoms with van der Waals surface area (Å²) in [4.78, 5) is 7.18. The quantitative estimate of drug-likeness (QED) is 0.813. The first-order valence-corrected chi connectivity index (χ1v) is 8.27. The van der Waals surface area contributed by atoms with Crippen molar-refractivity contribution in [1.29, 1.82) is 0 Å². The highest BCUT2D eigenvalue weighted by Crippen LogP contribution is 2.24. The zero-order chi connectivity index (χ0) is 14.2.